The van der Waals surface area contributed by atoms with E-state index >= 15 is 0 Å². The minimum absolute atomic E-state index is 0.489. The van der Waals surface area contributed by atoms with Gasteiger partial charge in [0.1, 0.15) is 12.3 Å². The second-order valence-electron chi connectivity index (χ2n) is 3.99. The fourth-order valence-corrected chi connectivity index (χ4v) is 2.70. The fraction of sp³-hybridized carbons (Fsp3) is 0.250. The van der Waals surface area contributed by atoms with Gasteiger partial charge in [-0.25, -0.2) is 4.98 Å². The van der Waals surface area contributed by atoms with Gasteiger partial charge in [-0.3, -0.25) is 9.67 Å². The molecular formula is C12H12N4OS2. The standard InChI is InChI=1S/C12H12N4OS2/c1-2-8-6-13-10(17-8)7-16-11(14-15-12(16)18)9-4-3-5-19-9/h3-6H,2,7H2,1H3,(H,15,18). The molecule has 0 saturated heterocycles. The molecule has 0 aliphatic rings. The molecule has 0 spiro atoms. The van der Waals surface area contributed by atoms with Gasteiger partial charge in [0, 0.05) is 6.42 Å². The smallest absolute Gasteiger partial charge is 0.214 e. The van der Waals surface area contributed by atoms with Gasteiger partial charge in [0.25, 0.3) is 0 Å². The molecule has 5 nitrogen and oxygen atoms in total. The number of aryl methyl sites for hydroxylation is 1. The molecule has 98 valence electrons. The van der Waals surface area contributed by atoms with E-state index < -0.39 is 0 Å². The first-order valence-corrected chi connectivity index (χ1v) is 7.19. The maximum atomic E-state index is 5.62. The Labute approximate surface area is 118 Å². The largest absolute Gasteiger partial charge is 0.444 e. The Hall–Kier alpha value is -1.73. The van der Waals surface area contributed by atoms with Gasteiger partial charge in [-0.05, 0) is 23.7 Å². The second kappa shape index (κ2) is 5.10. The summed E-state index contributed by atoms with van der Waals surface area (Å²) in [5, 5.41) is 9.10. The van der Waals surface area contributed by atoms with Crippen molar-refractivity contribution in [1.29, 1.82) is 0 Å². The van der Waals surface area contributed by atoms with Crippen molar-refractivity contribution in [3.63, 3.8) is 0 Å². The average molecular weight is 292 g/mol. The van der Waals surface area contributed by atoms with Gasteiger partial charge in [-0.1, -0.05) is 13.0 Å². The number of nitrogens with one attached hydrogen (secondary N) is 1. The third-order valence-corrected chi connectivity index (χ3v) is 3.92. The van der Waals surface area contributed by atoms with Crippen LogP contribution in [0.5, 0.6) is 0 Å². The highest BCUT2D eigenvalue weighted by molar-refractivity contribution is 7.71. The summed E-state index contributed by atoms with van der Waals surface area (Å²) in [6, 6.07) is 4.00. The van der Waals surface area contributed by atoms with Crippen LogP contribution in [-0.4, -0.2) is 19.7 Å². The molecule has 0 aliphatic carbocycles. The van der Waals surface area contributed by atoms with Gasteiger partial charge in [-0.15, -0.1) is 11.3 Å². The Morgan fingerprint density at radius 3 is 3.11 bits per heavy atom. The van der Waals surface area contributed by atoms with Crippen LogP contribution in [0.1, 0.15) is 18.6 Å². The molecule has 0 aliphatic heterocycles. The highest BCUT2D eigenvalue weighted by Crippen LogP contribution is 2.23. The number of thiophene rings is 1. The summed E-state index contributed by atoms with van der Waals surface area (Å²) in [4.78, 5) is 5.32. The van der Waals surface area contributed by atoms with Crippen LogP contribution in [0, 0.1) is 4.77 Å². The molecule has 0 atom stereocenters. The van der Waals surface area contributed by atoms with Gasteiger partial charge < -0.3 is 4.42 Å². The van der Waals surface area contributed by atoms with Crippen LogP contribution in [-0.2, 0) is 13.0 Å². The zero-order valence-electron chi connectivity index (χ0n) is 10.3. The lowest BCUT2D eigenvalue weighted by Crippen LogP contribution is -2.02. The summed E-state index contributed by atoms with van der Waals surface area (Å²) >= 11 is 6.88. The molecule has 0 radical (unpaired) electrons. The first kappa shape index (κ1) is 12.3. The minimum atomic E-state index is 0.489. The molecule has 7 heteroatoms. The van der Waals surface area contributed by atoms with E-state index in [1.54, 1.807) is 17.5 Å². The first-order chi connectivity index (χ1) is 9.28. The van der Waals surface area contributed by atoms with E-state index in [0.29, 0.717) is 17.2 Å². The van der Waals surface area contributed by atoms with Crippen molar-refractivity contribution in [2.75, 3.05) is 0 Å². The SMILES string of the molecule is CCc1cnc(Cn2c(-c3cccs3)n[nH]c2=S)o1. The van der Waals surface area contributed by atoms with Crippen molar-refractivity contribution in [2.24, 2.45) is 0 Å². The van der Waals surface area contributed by atoms with Crippen molar-refractivity contribution >= 4 is 23.6 Å². The highest BCUT2D eigenvalue weighted by atomic mass is 32.1. The van der Waals surface area contributed by atoms with E-state index in [-0.39, 0.29) is 0 Å². The number of aromatic nitrogens is 4. The predicted octanol–water partition coefficient (Wildman–Crippen LogP) is 3.27. The molecular weight excluding hydrogens is 280 g/mol. The van der Waals surface area contributed by atoms with Crippen molar-refractivity contribution in [2.45, 2.75) is 19.9 Å². The van der Waals surface area contributed by atoms with Crippen LogP contribution >= 0.6 is 23.6 Å². The van der Waals surface area contributed by atoms with E-state index in [4.69, 9.17) is 16.6 Å². The van der Waals surface area contributed by atoms with Crippen LogP contribution in [0.25, 0.3) is 10.7 Å². The molecule has 0 saturated carbocycles. The Balaban J connectivity index is 1.96. The molecule has 3 heterocycles. The molecule has 0 fully saturated rings. The van der Waals surface area contributed by atoms with Crippen molar-refractivity contribution in [1.82, 2.24) is 19.7 Å². The highest BCUT2D eigenvalue weighted by Gasteiger charge is 2.12. The predicted molar refractivity (Wildman–Crippen MR) is 75.7 cm³/mol. The Bertz CT molecular complexity index is 723. The van der Waals surface area contributed by atoms with Gasteiger partial charge in [0.2, 0.25) is 5.89 Å². The lowest BCUT2D eigenvalue weighted by molar-refractivity contribution is 0.446. The number of hydrogen-bond acceptors (Lipinski definition) is 5. The van der Waals surface area contributed by atoms with Crippen LogP contribution in [0.2, 0.25) is 0 Å². The quantitative estimate of drug-likeness (QED) is 0.750. The maximum Gasteiger partial charge on any atom is 0.214 e. The molecule has 0 bridgehead atoms. The number of nitrogens with zero attached hydrogens (tertiary/aromatic N) is 3. The maximum absolute atomic E-state index is 5.62. The molecule has 0 unspecified atom stereocenters. The van der Waals surface area contributed by atoms with Crippen molar-refractivity contribution in [3.05, 3.63) is 40.1 Å². The normalized spacial score (nSPS) is 11.0. The molecule has 19 heavy (non-hydrogen) atoms. The van der Waals surface area contributed by atoms with Gasteiger partial charge in [0.05, 0.1) is 11.1 Å². The third kappa shape index (κ3) is 2.39. The molecule has 3 aromatic rings. The summed E-state index contributed by atoms with van der Waals surface area (Å²) in [5.74, 6) is 2.34. The lowest BCUT2D eigenvalue weighted by Gasteiger charge is -2.02. The topological polar surface area (TPSA) is 59.6 Å². The third-order valence-electron chi connectivity index (χ3n) is 2.74. The number of aromatic amines is 1. The number of rotatable bonds is 4. The fourth-order valence-electron chi connectivity index (χ4n) is 1.78. The van der Waals surface area contributed by atoms with Gasteiger partial charge in [0.15, 0.2) is 10.6 Å². The molecule has 0 aromatic carbocycles. The van der Waals surface area contributed by atoms with Crippen molar-refractivity contribution in [3.8, 4) is 10.7 Å². The zero-order chi connectivity index (χ0) is 13.2. The lowest BCUT2D eigenvalue weighted by atomic mass is 10.4. The Kier molecular flexibility index (Phi) is 3.31. The molecule has 0 amide bonds. The second-order valence-corrected chi connectivity index (χ2v) is 5.32. The van der Waals surface area contributed by atoms with E-state index in [2.05, 4.69) is 15.2 Å². The average Bonchev–Trinajstić information content (AvgIpc) is 3.12. The van der Waals surface area contributed by atoms with Gasteiger partial charge in [-0.2, -0.15) is 5.10 Å². The minimum Gasteiger partial charge on any atom is -0.444 e. The summed E-state index contributed by atoms with van der Waals surface area (Å²) in [6.45, 7) is 2.52. The number of hydrogen-bond donors (Lipinski definition) is 1. The Morgan fingerprint density at radius 1 is 1.53 bits per heavy atom. The van der Waals surface area contributed by atoms with E-state index in [1.165, 1.54) is 0 Å². The van der Waals surface area contributed by atoms with Crippen LogP contribution in [0.4, 0.5) is 0 Å². The molecule has 3 aromatic heterocycles. The Morgan fingerprint density at radius 2 is 2.42 bits per heavy atom. The summed E-state index contributed by atoms with van der Waals surface area (Å²) < 4.78 is 8.08. The summed E-state index contributed by atoms with van der Waals surface area (Å²) in [7, 11) is 0. The van der Waals surface area contributed by atoms with E-state index in [9.17, 15) is 0 Å². The molecule has 3 rings (SSSR count). The van der Waals surface area contributed by atoms with Crippen LogP contribution < -0.4 is 0 Å². The van der Waals surface area contributed by atoms with Crippen LogP contribution in [0.15, 0.2) is 28.1 Å². The zero-order valence-corrected chi connectivity index (χ0v) is 11.9. The van der Waals surface area contributed by atoms with E-state index in [1.807, 2.05) is 29.0 Å². The van der Waals surface area contributed by atoms with Crippen LogP contribution in [0.3, 0.4) is 0 Å². The first-order valence-electron chi connectivity index (χ1n) is 5.90. The number of H-pyrrole nitrogens is 1. The van der Waals surface area contributed by atoms with Crippen molar-refractivity contribution < 1.29 is 4.42 Å². The monoisotopic (exact) mass is 292 g/mol. The summed E-state index contributed by atoms with van der Waals surface area (Å²) in [5.41, 5.74) is 0. The molecule has 1 N–H and O–H groups in total. The summed E-state index contributed by atoms with van der Waals surface area (Å²) in [6.07, 6.45) is 2.59. The number of oxazole rings is 1. The van der Waals surface area contributed by atoms with E-state index in [0.717, 1.165) is 22.9 Å². The van der Waals surface area contributed by atoms with Gasteiger partial charge >= 0.3 is 0 Å².